The summed E-state index contributed by atoms with van der Waals surface area (Å²) in [6.07, 6.45) is 0. The monoisotopic (exact) mass is 747 g/mol. The molecule has 0 N–H and O–H groups in total. The molecule has 3 nitrogen and oxygen atoms in total. The first-order chi connectivity index (χ1) is 37.5. The van der Waals surface area contributed by atoms with Gasteiger partial charge < -0.3 is 13.7 Å². The third-order valence-electron chi connectivity index (χ3n) is 10.3. The van der Waals surface area contributed by atoms with Crippen LogP contribution in [0.5, 0.6) is 0 Å². The molecule has 3 heteroatoms. The molecule has 3 heterocycles. The number of hydrogen-bond donors (Lipinski definition) is 0. The topological polar surface area (TPSA) is 14.8 Å². The smallest absolute Gasteiger partial charge is 0.0782 e. The van der Waals surface area contributed by atoms with Gasteiger partial charge in [-0.15, -0.1) is 0 Å². The van der Waals surface area contributed by atoms with Gasteiger partial charge in [0.25, 0.3) is 0 Å². The highest BCUT2D eigenvalue weighted by molar-refractivity contribution is 6.19. The van der Waals surface area contributed by atoms with Gasteiger partial charge in [-0.2, -0.15) is 0 Å². The van der Waals surface area contributed by atoms with Crippen molar-refractivity contribution >= 4 is 65.4 Å². The van der Waals surface area contributed by atoms with E-state index in [1.54, 1.807) is 54.6 Å². The number of para-hydroxylation sites is 6. The van der Waals surface area contributed by atoms with Crippen molar-refractivity contribution in [3.05, 3.63) is 212 Å². The lowest BCUT2D eigenvalue weighted by Crippen LogP contribution is -2.02. The van der Waals surface area contributed by atoms with E-state index >= 15 is 0 Å². The Bertz CT molecular complexity index is 4660. The molecule has 0 aliphatic heterocycles. The van der Waals surface area contributed by atoms with Crippen LogP contribution < -0.4 is 0 Å². The van der Waals surface area contributed by atoms with Crippen LogP contribution in [0.4, 0.5) is 0 Å². The van der Waals surface area contributed by atoms with E-state index in [1.165, 1.54) is 4.57 Å². The third-order valence-corrected chi connectivity index (χ3v) is 10.3. The van der Waals surface area contributed by atoms with Crippen molar-refractivity contribution in [1.82, 2.24) is 13.7 Å². The number of rotatable bonds is 5. The third kappa shape index (κ3) is 4.60. The van der Waals surface area contributed by atoms with Crippen LogP contribution in [0.25, 0.3) is 105 Å². The molecule has 0 saturated carbocycles. The highest BCUT2D eigenvalue weighted by Gasteiger charge is 2.25. The standard InChI is InChI=1S/C54H35N3/c1-3-18-36(19-4-1)38-26-15-27-39(37-20-5-2-6-21-37)53(38)56-48-32-14-10-25-44(48)52-49(56)33-17-34-50(52)57-47-31-13-9-24-42(47)43-28-16-35-51(54(43)57)55-45-29-11-7-22-40(45)41-23-8-12-30-46(41)55/h1-35H/i7D,8D,9D,10D,11D,12D,13D,14D,16D,17D,22D,23D,24D,25D,28D,29D,30D,31D,32D,33D,34D,35D. The zero-order valence-corrected chi connectivity index (χ0v) is 29.3. The van der Waals surface area contributed by atoms with Crippen LogP contribution in [0, 0.1) is 0 Å². The SMILES string of the molecule is [2H]c1c([2H])c([2H])c2c(c1[2H])c1c(-n3c4c([2H])c([2H])c([2H])c([2H])c4c4c([2H])c([2H])c([2H])c(-n5c6c([2H])c([2H])c([2H])c([2H])c6c6c([2H])c([2H])c([2H])c([2H])c65)c43)c([2H])c([2H])c([2H])c1n2-c1c(-c2ccccc2)cccc1-c1ccccc1. The van der Waals surface area contributed by atoms with Crippen molar-refractivity contribution in [3.8, 4) is 39.3 Å². The van der Waals surface area contributed by atoms with Gasteiger partial charge in [-0.05, 0) is 53.4 Å². The largest absolute Gasteiger partial charge is 0.308 e. The van der Waals surface area contributed by atoms with Crippen LogP contribution in [-0.4, -0.2) is 13.7 Å². The predicted octanol–water partition coefficient (Wildman–Crippen LogP) is 14.3. The number of fused-ring (bicyclic) bond motifs is 9. The molecular formula is C54H35N3. The van der Waals surface area contributed by atoms with Crippen LogP contribution in [0.1, 0.15) is 30.2 Å². The van der Waals surface area contributed by atoms with E-state index in [0.29, 0.717) is 22.3 Å². The zero-order valence-electron chi connectivity index (χ0n) is 51.3. The van der Waals surface area contributed by atoms with E-state index in [9.17, 15) is 16.4 Å². The first-order valence-electron chi connectivity index (χ1n) is 28.8. The Kier molecular flexibility index (Phi) is 3.72. The van der Waals surface area contributed by atoms with Gasteiger partial charge in [0.05, 0.1) is 80.3 Å². The molecule has 0 aliphatic carbocycles. The first kappa shape index (κ1) is 17.0. The maximum Gasteiger partial charge on any atom is 0.0782 e. The summed E-state index contributed by atoms with van der Waals surface area (Å²) in [4.78, 5) is 0. The molecule has 9 aromatic carbocycles. The molecule has 12 rings (SSSR count). The van der Waals surface area contributed by atoms with Crippen LogP contribution in [0.2, 0.25) is 0 Å². The predicted molar refractivity (Wildman–Crippen MR) is 240 cm³/mol. The van der Waals surface area contributed by atoms with Crippen molar-refractivity contribution in [1.29, 1.82) is 0 Å². The van der Waals surface area contributed by atoms with Crippen molar-refractivity contribution in [2.75, 3.05) is 0 Å². The van der Waals surface area contributed by atoms with Crippen molar-refractivity contribution in [2.45, 2.75) is 0 Å². The summed E-state index contributed by atoms with van der Waals surface area (Å²) in [7, 11) is 0. The molecular weight excluding hydrogens is 691 g/mol. The minimum Gasteiger partial charge on any atom is -0.308 e. The van der Waals surface area contributed by atoms with Crippen LogP contribution >= 0.6 is 0 Å². The van der Waals surface area contributed by atoms with Crippen molar-refractivity contribution in [2.24, 2.45) is 0 Å². The quantitative estimate of drug-likeness (QED) is 0.167. The van der Waals surface area contributed by atoms with E-state index in [1.807, 2.05) is 24.3 Å². The first-order valence-corrected chi connectivity index (χ1v) is 17.8. The fraction of sp³-hybridized carbons (Fsp3) is 0. The minimum absolute atomic E-state index is 0.251. The lowest BCUT2D eigenvalue weighted by atomic mass is 9.95. The number of benzene rings is 9. The zero-order chi connectivity index (χ0) is 56.6. The molecule has 3 aromatic heterocycles. The van der Waals surface area contributed by atoms with Crippen LogP contribution in [-0.2, 0) is 0 Å². The fourth-order valence-corrected chi connectivity index (χ4v) is 8.02. The molecule has 0 amide bonds. The normalized spacial score (nSPS) is 17.3. The second-order valence-corrected chi connectivity index (χ2v) is 13.2. The number of aromatic nitrogens is 3. The molecule has 0 radical (unpaired) electrons. The second kappa shape index (κ2) is 12.5. The van der Waals surface area contributed by atoms with E-state index in [-0.39, 0.29) is 27.5 Å². The van der Waals surface area contributed by atoms with Gasteiger partial charge in [-0.3, -0.25) is 0 Å². The second-order valence-electron chi connectivity index (χ2n) is 13.2. The average Bonchev–Trinajstić information content (AvgIpc) is 2.41. The Morgan fingerprint density at radius 3 is 1.35 bits per heavy atom. The Morgan fingerprint density at radius 2 is 0.754 bits per heavy atom. The molecule has 266 valence electrons. The summed E-state index contributed by atoms with van der Waals surface area (Å²) >= 11 is 0. The molecule has 12 aromatic rings. The molecule has 57 heavy (non-hydrogen) atoms. The summed E-state index contributed by atoms with van der Waals surface area (Å²) in [6.45, 7) is 0. The van der Waals surface area contributed by atoms with Crippen LogP contribution in [0.3, 0.4) is 0 Å². The van der Waals surface area contributed by atoms with Gasteiger partial charge in [0.1, 0.15) is 0 Å². The molecule has 0 spiro atoms. The molecule has 0 bridgehead atoms. The Morgan fingerprint density at radius 1 is 0.316 bits per heavy atom. The maximum atomic E-state index is 10.1. The summed E-state index contributed by atoms with van der Waals surface area (Å²) in [6, 6.07) is 5.55. The Hall–Kier alpha value is -7.62. The van der Waals surface area contributed by atoms with Gasteiger partial charge in [0.15, 0.2) is 0 Å². The number of nitrogens with zero attached hydrogens (tertiary/aromatic N) is 3. The lowest BCUT2D eigenvalue weighted by Gasteiger charge is -2.19. The molecule has 0 fully saturated rings. The van der Waals surface area contributed by atoms with Gasteiger partial charge in [-0.25, -0.2) is 0 Å². The summed E-state index contributed by atoms with van der Waals surface area (Å²) in [5.74, 6) is 0. The summed E-state index contributed by atoms with van der Waals surface area (Å²) < 4.78 is 209. The molecule has 0 saturated heterocycles. The highest BCUT2D eigenvalue weighted by atomic mass is 15.1. The average molecular weight is 748 g/mol. The fourth-order valence-electron chi connectivity index (χ4n) is 8.02. The highest BCUT2D eigenvalue weighted by Crippen LogP contribution is 2.45. The molecule has 0 atom stereocenters. The van der Waals surface area contributed by atoms with E-state index in [4.69, 9.17) is 13.7 Å². The van der Waals surface area contributed by atoms with E-state index < -0.39 is 188 Å². The summed E-state index contributed by atoms with van der Waals surface area (Å²) in [5, 5.41) is -2.61. The maximum absolute atomic E-state index is 10.1. The van der Waals surface area contributed by atoms with Crippen molar-refractivity contribution < 1.29 is 30.2 Å². The molecule has 0 unspecified atom stereocenters. The Balaban J connectivity index is 1.44. The van der Waals surface area contributed by atoms with Crippen LogP contribution in [0.15, 0.2) is 212 Å². The number of hydrogen-bond acceptors (Lipinski definition) is 0. The molecule has 0 aliphatic rings. The van der Waals surface area contributed by atoms with E-state index in [0.717, 1.165) is 9.13 Å². The minimum atomic E-state index is -0.935. The van der Waals surface area contributed by atoms with Gasteiger partial charge in [0.2, 0.25) is 0 Å². The van der Waals surface area contributed by atoms with Gasteiger partial charge >= 0.3 is 0 Å². The van der Waals surface area contributed by atoms with Gasteiger partial charge in [0, 0.05) is 43.4 Å². The lowest BCUT2D eigenvalue weighted by molar-refractivity contribution is 1.14. The van der Waals surface area contributed by atoms with E-state index in [2.05, 4.69) is 0 Å². The summed E-state index contributed by atoms with van der Waals surface area (Å²) in [5.41, 5.74) is -1.63. The Labute approximate surface area is 360 Å². The van der Waals surface area contributed by atoms with Crippen molar-refractivity contribution in [3.63, 3.8) is 0 Å². The van der Waals surface area contributed by atoms with Gasteiger partial charge in [-0.1, -0.05) is 169 Å².